The molecular weight excluding hydrogens is 297 g/mol. The molecule has 6 heteroatoms. The zero-order valence-electron chi connectivity index (χ0n) is 12.5. The Morgan fingerprint density at radius 2 is 1.87 bits per heavy atom. The zero-order valence-corrected chi connectivity index (χ0v) is 12.5. The molecular formula is C17H18FN3O2. The fourth-order valence-corrected chi connectivity index (χ4v) is 2.07. The zero-order chi connectivity index (χ0) is 16.7. The Bertz CT molecular complexity index is 704. The van der Waals surface area contributed by atoms with Crippen LogP contribution in [0.15, 0.2) is 48.5 Å². The first kappa shape index (κ1) is 16.5. The number of para-hydroxylation sites is 1. The number of nitrogens with two attached hydrogens (primary N) is 1. The summed E-state index contributed by atoms with van der Waals surface area (Å²) in [6.07, 6.45) is 0.0879. The van der Waals surface area contributed by atoms with Crippen LogP contribution in [0.4, 0.5) is 10.1 Å². The maximum absolute atomic E-state index is 13.2. The maximum Gasteiger partial charge on any atom is 0.253 e. The van der Waals surface area contributed by atoms with E-state index in [2.05, 4.69) is 10.6 Å². The molecule has 0 saturated heterocycles. The van der Waals surface area contributed by atoms with Crippen molar-refractivity contribution in [1.82, 2.24) is 5.32 Å². The number of halogens is 1. The van der Waals surface area contributed by atoms with Crippen molar-refractivity contribution < 1.29 is 14.0 Å². The highest BCUT2D eigenvalue weighted by molar-refractivity contribution is 5.99. The third kappa shape index (κ3) is 5.10. The molecule has 5 nitrogen and oxygen atoms in total. The predicted octanol–water partition coefficient (Wildman–Crippen LogP) is 2.04. The molecule has 0 aliphatic carbocycles. The summed E-state index contributed by atoms with van der Waals surface area (Å²) in [6.45, 7) is 0.579. The first-order valence-electron chi connectivity index (χ1n) is 7.20. The van der Waals surface area contributed by atoms with Crippen LogP contribution >= 0.6 is 0 Å². The molecule has 23 heavy (non-hydrogen) atoms. The third-order valence-corrected chi connectivity index (χ3v) is 3.20. The van der Waals surface area contributed by atoms with Gasteiger partial charge in [0, 0.05) is 25.2 Å². The minimum Gasteiger partial charge on any atom is -0.380 e. The van der Waals surface area contributed by atoms with Crippen molar-refractivity contribution in [3.63, 3.8) is 0 Å². The fraction of sp³-hybridized carbons (Fsp3) is 0.176. The summed E-state index contributed by atoms with van der Waals surface area (Å²) < 4.78 is 13.2. The molecule has 2 amide bonds. The van der Waals surface area contributed by atoms with Crippen molar-refractivity contribution in [2.45, 2.75) is 13.0 Å². The molecule has 0 aliphatic heterocycles. The molecule has 120 valence electrons. The van der Waals surface area contributed by atoms with Gasteiger partial charge in [0.1, 0.15) is 5.82 Å². The molecule has 0 radical (unpaired) electrons. The topological polar surface area (TPSA) is 84.2 Å². The van der Waals surface area contributed by atoms with Gasteiger partial charge in [0.25, 0.3) is 5.91 Å². The van der Waals surface area contributed by atoms with E-state index in [-0.39, 0.29) is 24.7 Å². The van der Waals surface area contributed by atoms with E-state index in [0.29, 0.717) is 17.8 Å². The Kier molecular flexibility index (Phi) is 5.68. The number of benzene rings is 2. The molecule has 0 aliphatic rings. The van der Waals surface area contributed by atoms with Crippen molar-refractivity contribution in [2.75, 3.05) is 11.9 Å². The smallest absolute Gasteiger partial charge is 0.253 e. The number of primary amides is 1. The van der Waals surface area contributed by atoms with Gasteiger partial charge in [-0.15, -0.1) is 0 Å². The maximum atomic E-state index is 13.2. The van der Waals surface area contributed by atoms with Gasteiger partial charge in [-0.3, -0.25) is 9.59 Å². The van der Waals surface area contributed by atoms with Crippen LogP contribution in [0.1, 0.15) is 22.3 Å². The van der Waals surface area contributed by atoms with Gasteiger partial charge in [-0.2, -0.15) is 0 Å². The lowest BCUT2D eigenvalue weighted by atomic mass is 10.1. The Morgan fingerprint density at radius 3 is 2.61 bits per heavy atom. The van der Waals surface area contributed by atoms with Crippen LogP contribution in [0.5, 0.6) is 0 Å². The van der Waals surface area contributed by atoms with Crippen molar-refractivity contribution >= 4 is 17.5 Å². The Morgan fingerprint density at radius 1 is 1.09 bits per heavy atom. The van der Waals surface area contributed by atoms with Crippen LogP contribution in [-0.2, 0) is 11.3 Å². The van der Waals surface area contributed by atoms with Crippen LogP contribution in [0.25, 0.3) is 0 Å². The fourth-order valence-electron chi connectivity index (χ4n) is 2.07. The highest BCUT2D eigenvalue weighted by Gasteiger charge is 2.10. The van der Waals surface area contributed by atoms with Gasteiger partial charge in [-0.05, 0) is 29.8 Å². The second-order valence-corrected chi connectivity index (χ2v) is 5.00. The van der Waals surface area contributed by atoms with E-state index in [4.69, 9.17) is 5.73 Å². The number of amides is 2. The second-order valence-electron chi connectivity index (χ2n) is 5.00. The first-order valence-corrected chi connectivity index (χ1v) is 7.20. The van der Waals surface area contributed by atoms with Crippen LogP contribution in [-0.4, -0.2) is 18.4 Å². The van der Waals surface area contributed by atoms with E-state index in [1.807, 2.05) is 0 Å². The van der Waals surface area contributed by atoms with Crippen molar-refractivity contribution in [2.24, 2.45) is 5.73 Å². The molecule has 4 N–H and O–H groups in total. The second kappa shape index (κ2) is 7.93. The molecule has 0 aromatic heterocycles. The van der Waals surface area contributed by atoms with Crippen LogP contribution in [0.3, 0.4) is 0 Å². The van der Waals surface area contributed by atoms with Gasteiger partial charge >= 0.3 is 0 Å². The lowest BCUT2D eigenvalue weighted by Crippen LogP contribution is -2.28. The number of hydrogen-bond acceptors (Lipinski definition) is 3. The highest BCUT2D eigenvalue weighted by Crippen LogP contribution is 2.16. The molecule has 0 spiro atoms. The van der Waals surface area contributed by atoms with Gasteiger partial charge in [-0.25, -0.2) is 4.39 Å². The van der Waals surface area contributed by atoms with Crippen LogP contribution in [0, 0.1) is 5.82 Å². The molecule has 0 unspecified atom stereocenters. The normalized spacial score (nSPS) is 10.1. The summed E-state index contributed by atoms with van der Waals surface area (Å²) in [5.74, 6) is -1.07. The number of nitrogens with one attached hydrogen (secondary N) is 2. The third-order valence-electron chi connectivity index (χ3n) is 3.20. The molecule has 0 saturated carbocycles. The predicted molar refractivity (Wildman–Crippen MR) is 86.3 cm³/mol. The molecule has 0 atom stereocenters. The van der Waals surface area contributed by atoms with Gasteiger partial charge in [0.15, 0.2) is 0 Å². The molecule has 0 heterocycles. The van der Waals surface area contributed by atoms with Crippen LogP contribution in [0.2, 0.25) is 0 Å². The average Bonchev–Trinajstić information content (AvgIpc) is 2.53. The largest absolute Gasteiger partial charge is 0.380 e. The Balaban J connectivity index is 2.02. The van der Waals surface area contributed by atoms with E-state index in [0.717, 1.165) is 5.56 Å². The Hall–Kier alpha value is -2.89. The van der Waals surface area contributed by atoms with Crippen molar-refractivity contribution in [3.8, 4) is 0 Å². The monoisotopic (exact) mass is 315 g/mol. The summed E-state index contributed by atoms with van der Waals surface area (Å²) in [7, 11) is 0. The number of anilines is 1. The van der Waals surface area contributed by atoms with E-state index >= 15 is 0 Å². The minimum absolute atomic E-state index is 0.0879. The quantitative estimate of drug-likeness (QED) is 0.731. The van der Waals surface area contributed by atoms with E-state index < -0.39 is 5.91 Å². The lowest BCUT2D eigenvalue weighted by molar-refractivity contribution is -0.117. The summed E-state index contributed by atoms with van der Waals surface area (Å²) in [4.78, 5) is 22.8. The molecule has 0 fully saturated rings. The van der Waals surface area contributed by atoms with Crippen LogP contribution < -0.4 is 16.4 Å². The SMILES string of the molecule is NC(=O)CCNC(=O)c1ccccc1NCc1cccc(F)c1. The molecule has 0 bridgehead atoms. The van der Waals surface area contributed by atoms with Gasteiger partial charge in [0.2, 0.25) is 5.91 Å². The summed E-state index contributed by atoms with van der Waals surface area (Å²) in [5, 5.41) is 5.76. The molecule has 2 rings (SSSR count). The summed E-state index contributed by atoms with van der Waals surface area (Å²) in [5.41, 5.74) is 6.90. The average molecular weight is 315 g/mol. The van der Waals surface area contributed by atoms with E-state index in [1.54, 1.807) is 36.4 Å². The van der Waals surface area contributed by atoms with Gasteiger partial charge in [0.05, 0.1) is 5.56 Å². The lowest BCUT2D eigenvalue weighted by Gasteiger charge is -2.12. The number of hydrogen-bond donors (Lipinski definition) is 3. The summed E-state index contributed by atoms with van der Waals surface area (Å²) in [6, 6.07) is 13.2. The summed E-state index contributed by atoms with van der Waals surface area (Å²) >= 11 is 0. The first-order chi connectivity index (χ1) is 11.1. The number of carbonyl (C=O) groups excluding carboxylic acids is 2. The standard InChI is InChI=1S/C17H18FN3O2/c18-13-5-3-4-12(10-13)11-21-15-7-2-1-6-14(15)17(23)20-9-8-16(19)22/h1-7,10,21H,8-9,11H2,(H2,19,22)(H,20,23). The van der Waals surface area contributed by atoms with Crippen molar-refractivity contribution in [1.29, 1.82) is 0 Å². The minimum atomic E-state index is -0.470. The molecule has 2 aromatic rings. The van der Waals surface area contributed by atoms with Crippen molar-refractivity contribution in [3.05, 3.63) is 65.5 Å². The number of carbonyl (C=O) groups is 2. The number of rotatable bonds is 7. The van der Waals surface area contributed by atoms with E-state index in [9.17, 15) is 14.0 Å². The molecule has 2 aromatic carbocycles. The van der Waals surface area contributed by atoms with E-state index in [1.165, 1.54) is 12.1 Å². The van der Waals surface area contributed by atoms with Gasteiger partial charge in [-0.1, -0.05) is 24.3 Å². The van der Waals surface area contributed by atoms with Gasteiger partial charge < -0.3 is 16.4 Å². The Labute approximate surface area is 133 Å². The highest BCUT2D eigenvalue weighted by atomic mass is 19.1.